The predicted molar refractivity (Wildman–Crippen MR) is 84.9 cm³/mol. The predicted octanol–water partition coefficient (Wildman–Crippen LogP) is -0.563. The van der Waals surface area contributed by atoms with Gasteiger partial charge in [-0.1, -0.05) is 0 Å². The fraction of sp³-hybridized carbons (Fsp3) is 0.733. The molecule has 24 heavy (non-hydrogen) atoms. The molecule has 4 N–H and O–H groups in total. The molecule has 8 nitrogen and oxygen atoms in total. The zero-order valence-corrected chi connectivity index (χ0v) is 16.6. The molecule has 0 saturated heterocycles. The quantitative estimate of drug-likeness (QED) is 0.350. The number of aliphatic hydroxyl groups is 4. The second-order valence-corrected chi connectivity index (χ2v) is 4.56. The van der Waals surface area contributed by atoms with Crippen LogP contribution in [0.3, 0.4) is 0 Å². The second-order valence-electron chi connectivity index (χ2n) is 4.56. The molecule has 0 aliphatic carbocycles. The maximum absolute atomic E-state index is 10.2. The topological polar surface area (TPSA) is 149 Å². The smallest absolute Gasteiger partial charge is 0.165 e. The van der Waals surface area contributed by atoms with E-state index in [2.05, 4.69) is 0 Å². The first-order valence-electron chi connectivity index (χ1n) is 7.01. The minimum absolute atomic E-state index is 0. The third kappa shape index (κ3) is 68.9. The van der Waals surface area contributed by atoms with Crippen LogP contribution in [0, 0.1) is 0 Å². The Morgan fingerprint density at radius 2 is 0.958 bits per heavy atom. The monoisotopic (exact) mass is 386 g/mol. The van der Waals surface area contributed by atoms with Gasteiger partial charge in [-0.3, -0.25) is 19.2 Å². The maximum Gasteiger partial charge on any atom is 0.165 e. The minimum atomic E-state index is -0.528. The molecule has 0 fully saturated rings. The van der Waals surface area contributed by atoms with Crippen molar-refractivity contribution in [1.29, 1.82) is 0 Å². The van der Waals surface area contributed by atoms with Crippen LogP contribution >= 0.6 is 0 Å². The Balaban J connectivity index is -0.0000000709. The van der Waals surface area contributed by atoms with Crippen molar-refractivity contribution in [3.63, 3.8) is 0 Å². The molecule has 0 aliphatic heterocycles. The summed E-state index contributed by atoms with van der Waals surface area (Å²) in [6.45, 7) is 6.94. The molecular formula is C15H30O8Ti. The molecule has 0 aliphatic rings. The molecule has 0 radical (unpaired) electrons. The van der Waals surface area contributed by atoms with Gasteiger partial charge in [0.2, 0.25) is 0 Å². The van der Waals surface area contributed by atoms with E-state index in [9.17, 15) is 19.2 Å². The number of rotatable bonds is 6. The van der Waals surface area contributed by atoms with E-state index in [1.54, 1.807) is 20.8 Å². The summed E-state index contributed by atoms with van der Waals surface area (Å²) in [4.78, 5) is 40.5. The molecule has 0 saturated carbocycles. The second kappa shape index (κ2) is 27.1. The Labute approximate surface area is 158 Å². The van der Waals surface area contributed by atoms with Gasteiger partial charge in [-0.15, -0.1) is 0 Å². The van der Waals surface area contributed by atoms with E-state index >= 15 is 0 Å². The van der Waals surface area contributed by atoms with Gasteiger partial charge < -0.3 is 20.4 Å². The number of Topliss-reactive ketones (excluding diaryl/α,β-unsaturated/α-hetero) is 4. The van der Waals surface area contributed by atoms with Crippen LogP contribution in [0.1, 0.15) is 47.5 Å². The van der Waals surface area contributed by atoms with E-state index in [4.69, 9.17) is 20.4 Å². The first-order valence-corrected chi connectivity index (χ1v) is 7.01. The van der Waals surface area contributed by atoms with E-state index in [-0.39, 0.29) is 58.8 Å². The molecule has 0 aromatic rings. The van der Waals surface area contributed by atoms with Gasteiger partial charge in [-0.25, -0.2) is 0 Å². The Hall–Kier alpha value is -0.766. The van der Waals surface area contributed by atoms with Gasteiger partial charge in [0.05, 0.1) is 12.8 Å². The normalized spacial score (nSPS) is 8.08. The largest absolute Gasteiger partial charge is 0.397 e. The van der Waals surface area contributed by atoms with Gasteiger partial charge in [0.25, 0.3) is 0 Å². The molecule has 0 bridgehead atoms. The maximum atomic E-state index is 10.2. The summed E-state index contributed by atoms with van der Waals surface area (Å²) < 4.78 is 0. The number of aliphatic hydroxyl groups excluding tert-OH is 4. The van der Waals surface area contributed by atoms with E-state index in [1.807, 2.05) is 0 Å². The summed E-state index contributed by atoms with van der Waals surface area (Å²) in [5, 5.41) is 31.8. The summed E-state index contributed by atoms with van der Waals surface area (Å²) in [5.74, 6) is -1.25. The summed E-state index contributed by atoms with van der Waals surface area (Å²) in [5.41, 5.74) is 0. The Morgan fingerprint density at radius 1 is 0.792 bits per heavy atom. The summed E-state index contributed by atoms with van der Waals surface area (Å²) in [7, 11) is 0. The number of carbonyl (C=O) groups is 4. The molecule has 0 aromatic carbocycles. The first kappa shape index (κ1) is 34.5. The standard InChI is InChI=1S/2C5H8O3.C3H8O.C2H6O.Ti/c2*1-4(7)2-5(8)3-6;1-3(2)4;1-2-3;/h2*6H,2-3H2,1H3;3-4H,1-2H3;3H,2H2,1H3;. The van der Waals surface area contributed by atoms with Crippen LogP contribution in [0.5, 0.6) is 0 Å². The van der Waals surface area contributed by atoms with Crippen molar-refractivity contribution in [3.8, 4) is 0 Å². The number of ketones is 4. The number of hydrogen-bond acceptors (Lipinski definition) is 8. The zero-order valence-electron chi connectivity index (χ0n) is 15.0. The molecule has 0 heterocycles. The fourth-order valence-electron chi connectivity index (χ4n) is 0.667. The Bertz CT molecular complexity index is 299. The van der Waals surface area contributed by atoms with Gasteiger partial charge >= 0.3 is 0 Å². The molecule has 0 atom stereocenters. The van der Waals surface area contributed by atoms with E-state index < -0.39 is 24.8 Å². The average Bonchev–Trinajstić information content (AvgIpc) is 2.38. The van der Waals surface area contributed by atoms with Crippen molar-refractivity contribution in [2.24, 2.45) is 0 Å². The minimum Gasteiger partial charge on any atom is -0.397 e. The summed E-state index contributed by atoms with van der Waals surface area (Å²) in [6.07, 6.45) is -0.451. The molecule has 142 valence electrons. The fourth-order valence-corrected chi connectivity index (χ4v) is 0.667. The van der Waals surface area contributed by atoms with Gasteiger partial charge in [0.15, 0.2) is 11.6 Å². The van der Waals surface area contributed by atoms with Crippen molar-refractivity contribution in [3.05, 3.63) is 0 Å². The average molecular weight is 386 g/mol. The van der Waals surface area contributed by atoms with Crippen molar-refractivity contribution in [2.45, 2.75) is 53.6 Å². The number of carbonyl (C=O) groups excluding carboxylic acids is 4. The van der Waals surface area contributed by atoms with E-state index in [0.29, 0.717) is 0 Å². The van der Waals surface area contributed by atoms with Crippen LogP contribution in [-0.2, 0) is 40.9 Å². The third-order valence-electron chi connectivity index (χ3n) is 1.24. The van der Waals surface area contributed by atoms with Crippen LogP contribution in [0.2, 0.25) is 0 Å². The zero-order chi connectivity index (χ0) is 19.4. The Morgan fingerprint density at radius 3 is 1.00 bits per heavy atom. The van der Waals surface area contributed by atoms with Crippen LogP contribution in [-0.4, -0.2) is 69.5 Å². The van der Waals surface area contributed by atoms with Gasteiger partial charge in [0, 0.05) is 34.4 Å². The van der Waals surface area contributed by atoms with E-state index in [0.717, 1.165) is 0 Å². The van der Waals surface area contributed by atoms with E-state index in [1.165, 1.54) is 13.8 Å². The summed E-state index contributed by atoms with van der Waals surface area (Å²) in [6, 6.07) is 0. The summed E-state index contributed by atoms with van der Waals surface area (Å²) >= 11 is 0. The van der Waals surface area contributed by atoms with Gasteiger partial charge in [0.1, 0.15) is 24.8 Å². The first-order chi connectivity index (χ1) is 10.5. The SMILES string of the molecule is CC(=O)CC(=O)CO.CC(=O)CC(=O)CO.CC(C)O.CCO.[Ti]. The number of hydrogen-bond donors (Lipinski definition) is 4. The van der Waals surface area contributed by atoms with Crippen molar-refractivity contribution < 1.29 is 61.3 Å². The Kier molecular flexibility index (Phi) is 39.0. The molecule has 0 aromatic heterocycles. The van der Waals surface area contributed by atoms with Crippen LogP contribution in [0.4, 0.5) is 0 Å². The van der Waals surface area contributed by atoms with Crippen LogP contribution < -0.4 is 0 Å². The molecule has 0 unspecified atom stereocenters. The van der Waals surface area contributed by atoms with Crippen LogP contribution in [0.15, 0.2) is 0 Å². The van der Waals surface area contributed by atoms with Crippen LogP contribution in [0.25, 0.3) is 0 Å². The molecule has 9 heteroatoms. The van der Waals surface area contributed by atoms with Gasteiger partial charge in [-0.05, 0) is 34.6 Å². The molecule has 0 amide bonds. The molecule has 0 spiro atoms. The van der Waals surface area contributed by atoms with Crippen molar-refractivity contribution in [2.75, 3.05) is 19.8 Å². The van der Waals surface area contributed by atoms with Gasteiger partial charge in [-0.2, -0.15) is 0 Å². The third-order valence-corrected chi connectivity index (χ3v) is 1.24. The van der Waals surface area contributed by atoms with Crippen molar-refractivity contribution in [1.82, 2.24) is 0 Å². The molecule has 0 rings (SSSR count). The van der Waals surface area contributed by atoms with Crippen molar-refractivity contribution >= 4 is 23.1 Å². The molecular weight excluding hydrogens is 356 g/mol.